The molecule has 0 aromatic heterocycles. The molecule has 6 heteroatoms. The van der Waals surface area contributed by atoms with E-state index in [9.17, 15) is 9.59 Å². The lowest BCUT2D eigenvalue weighted by molar-refractivity contribution is -0.139. The zero-order valence-electron chi connectivity index (χ0n) is 23.2. The summed E-state index contributed by atoms with van der Waals surface area (Å²) in [6.45, 7) is 8.41. The van der Waals surface area contributed by atoms with Gasteiger partial charge in [-0.05, 0) is 70.9 Å². The number of allylic oxidation sites excluding steroid dienone is 5. The summed E-state index contributed by atoms with van der Waals surface area (Å²) in [5.41, 5.74) is 2.87. The molecule has 1 aliphatic rings. The predicted molar refractivity (Wildman–Crippen MR) is 151 cm³/mol. The van der Waals surface area contributed by atoms with E-state index in [0.717, 1.165) is 43.2 Å². The maximum absolute atomic E-state index is 12.8. The van der Waals surface area contributed by atoms with Crippen molar-refractivity contribution in [3.8, 4) is 5.75 Å². The molecule has 2 amide bonds. The molecular formula is C31H46N2O4. The van der Waals surface area contributed by atoms with Gasteiger partial charge in [0.25, 0.3) is 0 Å². The minimum Gasteiger partial charge on any atom is -0.493 e. The van der Waals surface area contributed by atoms with E-state index in [-0.39, 0.29) is 12.6 Å². The summed E-state index contributed by atoms with van der Waals surface area (Å²) in [4.78, 5) is 25.2. The van der Waals surface area contributed by atoms with Crippen LogP contribution >= 0.6 is 0 Å². The van der Waals surface area contributed by atoms with Crippen LogP contribution in [0.3, 0.4) is 0 Å². The summed E-state index contributed by atoms with van der Waals surface area (Å²) in [5, 5.41) is 5.66. The van der Waals surface area contributed by atoms with Crippen LogP contribution in [-0.4, -0.2) is 25.2 Å². The van der Waals surface area contributed by atoms with Crippen molar-refractivity contribution in [3.63, 3.8) is 0 Å². The number of unbranched alkanes of at least 4 members (excludes halogenated alkanes) is 6. The Morgan fingerprint density at radius 2 is 1.68 bits per heavy atom. The first kappa shape index (κ1) is 30.2. The average molecular weight is 511 g/mol. The maximum atomic E-state index is 12.8. The normalized spacial score (nSPS) is 15.8. The van der Waals surface area contributed by atoms with Crippen LogP contribution in [0.15, 0.2) is 53.8 Å². The Hall–Kier alpha value is -3.02. The van der Waals surface area contributed by atoms with Gasteiger partial charge in [0.15, 0.2) is 0 Å². The lowest BCUT2D eigenvalue weighted by Gasteiger charge is -2.30. The molecule has 0 saturated carbocycles. The highest BCUT2D eigenvalue weighted by Gasteiger charge is 2.35. The molecule has 2 N–H and O–H groups in total. The zero-order valence-corrected chi connectivity index (χ0v) is 23.2. The van der Waals surface area contributed by atoms with Crippen LogP contribution in [0.4, 0.5) is 4.79 Å². The first-order chi connectivity index (χ1) is 18.0. The zero-order chi connectivity index (χ0) is 26.9. The fourth-order valence-electron chi connectivity index (χ4n) is 4.59. The SMILES string of the molecule is CCC/C=C/C/C=C/CCCCCCCc1cccc(OCC)c1C1NC(=O)NC(C)=C1C(=O)OCC. The van der Waals surface area contributed by atoms with Gasteiger partial charge in [-0.1, -0.05) is 69.0 Å². The second-order valence-electron chi connectivity index (χ2n) is 9.33. The summed E-state index contributed by atoms with van der Waals surface area (Å²) in [7, 11) is 0. The molecule has 1 aromatic rings. The van der Waals surface area contributed by atoms with Gasteiger partial charge in [0.1, 0.15) is 5.75 Å². The van der Waals surface area contributed by atoms with Gasteiger partial charge in [0.05, 0.1) is 24.8 Å². The molecule has 204 valence electrons. The smallest absolute Gasteiger partial charge is 0.338 e. The van der Waals surface area contributed by atoms with E-state index in [0.29, 0.717) is 23.6 Å². The standard InChI is InChI=1S/C31H46N2O4/c1-5-8-9-10-11-12-13-14-15-16-17-18-19-21-25-22-20-23-26(36-6-2)28(25)29-27(30(34)37-7-3)24(4)32-31(35)33-29/h9-10,12-13,20,22-23,29H,5-8,11,14-19,21H2,1-4H3,(H2,32,33,35)/b10-9+,13-12+. The highest BCUT2D eigenvalue weighted by atomic mass is 16.5. The molecule has 37 heavy (non-hydrogen) atoms. The third kappa shape index (κ3) is 10.1. The van der Waals surface area contributed by atoms with Crippen molar-refractivity contribution in [1.82, 2.24) is 10.6 Å². The van der Waals surface area contributed by atoms with Crippen LogP contribution in [-0.2, 0) is 16.0 Å². The van der Waals surface area contributed by atoms with Gasteiger partial charge in [-0.3, -0.25) is 0 Å². The van der Waals surface area contributed by atoms with Crippen molar-refractivity contribution in [2.45, 2.75) is 97.9 Å². The number of rotatable bonds is 17. The second kappa shape index (κ2) is 17.4. The quantitative estimate of drug-likeness (QED) is 0.130. The number of esters is 1. The van der Waals surface area contributed by atoms with E-state index in [1.807, 2.05) is 19.1 Å². The number of carbonyl (C=O) groups is 2. The number of urea groups is 1. The fraction of sp³-hybridized carbons (Fsp3) is 0.548. The Bertz CT molecular complexity index is 949. The molecule has 6 nitrogen and oxygen atoms in total. The van der Waals surface area contributed by atoms with E-state index in [1.54, 1.807) is 13.8 Å². The van der Waals surface area contributed by atoms with Crippen LogP contribution in [0.25, 0.3) is 0 Å². The number of benzene rings is 1. The first-order valence-electron chi connectivity index (χ1n) is 14.0. The molecule has 1 atom stereocenters. The molecule has 1 aliphatic heterocycles. The molecular weight excluding hydrogens is 464 g/mol. The van der Waals surface area contributed by atoms with Crippen molar-refractivity contribution >= 4 is 12.0 Å². The maximum Gasteiger partial charge on any atom is 0.338 e. The lowest BCUT2D eigenvalue weighted by atomic mass is 9.89. The minimum absolute atomic E-state index is 0.266. The topological polar surface area (TPSA) is 76.7 Å². The molecule has 1 unspecified atom stereocenters. The van der Waals surface area contributed by atoms with Gasteiger partial charge in [0, 0.05) is 11.3 Å². The highest BCUT2D eigenvalue weighted by molar-refractivity contribution is 5.95. The van der Waals surface area contributed by atoms with Crippen molar-refractivity contribution in [2.75, 3.05) is 13.2 Å². The van der Waals surface area contributed by atoms with Crippen molar-refractivity contribution < 1.29 is 19.1 Å². The average Bonchev–Trinajstić information content (AvgIpc) is 2.86. The van der Waals surface area contributed by atoms with Crippen molar-refractivity contribution in [3.05, 3.63) is 64.9 Å². The molecule has 2 rings (SSSR count). The van der Waals surface area contributed by atoms with Crippen LogP contribution in [0.5, 0.6) is 5.75 Å². The summed E-state index contributed by atoms with van der Waals surface area (Å²) >= 11 is 0. The Kier molecular flexibility index (Phi) is 14.2. The first-order valence-corrected chi connectivity index (χ1v) is 14.0. The summed E-state index contributed by atoms with van der Waals surface area (Å²) in [6, 6.07) is 5.01. The summed E-state index contributed by atoms with van der Waals surface area (Å²) in [5.74, 6) is 0.263. The highest BCUT2D eigenvalue weighted by Crippen LogP contribution is 2.37. The fourth-order valence-corrected chi connectivity index (χ4v) is 4.59. The number of amides is 2. The van der Waals surface area contributed by atoms with Gasteiger partial charge >= 0.3 is 12.0 Å². The second-order valence-corrected chi connectivity index (χ2v) is 9.33. The molecule has 0 saturated heterocycles. The number of nitrogens with one attached hydrogen (secondary N) is 2. The Labute approximate surface area is 223 Å². The Balaban J connectivity index is 1.99. The third-order valence-corrected chi connectivity index (χ3v) is 6.39. The molecule has 0 spiro atoms. The predicted octanol–water partition coefficient (Wildman–Crippen LogP) is 7.46. The van der Waals surface area contributed by atoms with Gasteiger partial charge in [-0.15, -0.1) is 0 Å². The van der Waals surface area contributed by atoms with Crippen LogP contribution in [0.1, 0.15) is 103 Å². The van der Waals surface area contributed by atoms with Gasteiger partial charge in [-0.25, -0.2) is 9.59 Å². The van der Waals surface area contributed by atoms with E-state index in [1.165, 1.54) is 32.1 Å². The van der Waals surface area contributed by atoms with Crippen molar-refractivity contribution in [2.24, 2.45) is 0 Å². The number of carbonyl (C=O) groups excluding carboxylic acids is 2. The number of hydrogen-bond acceptors (Lipinski definition) is 4. The molecule has 1 aromatic carbocycles. The summed E-state index contributed by atoms with van der Waals surface area (Å²) < 4.78 is 11.3. The van der Waals surface area contributed by atoms with Crippen LogP contribution < -0.4 is 15.4 Å². The molecule has 0 fully saturated rings. The summed E-state index contributed by atoms with van der Waals surface area (Å²) in [6.07, 6.45) is 20.3. The third-order valence-electron chi connectivity index (χ3n) is 6.39. The van der Waals surface area contributed by atoms with Crippen molar-refractivity contribution in [1.29, 1.82) is 0 Å². The molecule has 0 aliphatic carbocycles. The number of ether oxygens (including phenoxy) is 2. The molecule has 0 radical (unpaired) electrons. The van der Waals surface area contributed by atoms with Crippen LogP contribution in [0.2, 0.25) is 0 Å². The largest absolute Gasteiger partial charge is 0.493 e. The van der Waals surface area contributed by atoms with E-state index >= 15 is 0 Å². The lowest BCUT2D eigenvalue weighted by Crippen LogP contribution is -2.45. The number of hydrogen-bond donors (Lipinski definition) is 2. The van der Waals surface area contributed by atoms with Gasteiger partial charge < -0.3 is 20.1 Å². The minimum atomic E-state index is -0.617. The van der Waals surface area contributed by atoms with Crippen LogP contribution in [0, 0.1) is 0 Å². The monoisotopic (exact) mass is 510 g/mol. The van der Waals surface area contributed by atoms with E-state index in [4.69, 9.17) is 9.47 Å². The molecule has 1 heterocycles. The van der Waals surface area contributed by atoms with E-state index in [2.05, 4.69) is 47.9 Å². The molecule has 0 bridgehead atoms. The Morgan fingerprint density at radius 3 is 2.41 bits per heavy atom. The van der Waals surface area contributed by atoms with Gasteiger partial charge in [-0.2, -0.15) is 0 Å². The van der Waals surface area contributed by atoms with E-state index < -0.39 is 12.0 Å². The van der Waals surface area contributed by atoms with Gasteiger partial charge in [0.2, 0.25) is 0 Å². The number of aryl methyl sites for hydroxylation is 1. The Morgan fingerprint density at radius 1 is 0.946 bits per heavy atom.